The van der Waals surface area contributed by atoms with E-state index >= 15 is 0 Å². The summed E-state index contributed by atoms with van der Waals surface area (Å²) < 4.78 is 10.5. The molecule has 1 aromatic heterocycles. The molecule has 1 aliphatic carbocycles. The second-order valence-corrected chi connectivity index (χ2v) is 7.58. The first-order valence-corrected chi connectivity index (χ1v) is 9.51. The molecule has 8 heteroatoms. The van der Waals surface area contributed by atoms with E-state index in [-0.39, 0.29) is 0 Å². The molecule has 0 atom stereocenters. The van der Waals surface area contributed by atoms with Gasteiger partial charge in [-0.15, -0.1) is 11.3 Å². The minimum Gasteiger partial charge on any atom is -0.493 e. The molecule has 0 bridgehead atoms. The third-order valence-corrected chi connectivity index (χ3v) is 5.89. The molecule has 1 aromatic carbocycles. The van der Waals surface area contributed by atoms with Gasteiger partial charge in [0.25, 0.3) is 11.8 Å². The molecule has 2 aromatic rings. The molecule has 140 valence electrons. The minimum absolute atomic E-state index is 0.375. The summed E-state index contributed by atoms with van der Waals surface area (Å²) in [5, 5.41) is 3.08. The monoisotopic (exact) mass is 386 g/mol. The van der Waals surface area contributed by atoms with Crippen molar-refractivity contribution in [2.24, 2.45) is 5.73 Å². The van der Waals surface area contributed by atoms with Gasteiger partial charge in [0.1, 0.15) is 10.8 Å². The maximum absolute atomic E-state index is 12.2. The highest BCUT2D eigenvalue weighted by molar-refractivity contribution is 7.17. The minimum atomic E-state index is -0.580. The summed E-state index contributed by atoms with van der Waals surface area (Å²) in [4.78, 5) is 37.2. The Labute approximate surface area is 159 Å². The first-order valence-electron chi connectivity index (χ1n) is 8.70. The molecule has 0 unspecified atom stereocenters. The van der Waals surface area contributed by atoms with Gasteiger partial charge in [0, 0.05) is 11.3 Å². The highest BCUT2D eigenvalue weighted by Crippen LogP contribution is 2.38. The first kappa shape index (κ1) is 17.5. The summed E-state index contributed by atoms with van der Waals surface area (Å²) >= 11 is 1.36. The molecule has 4 rings (SSSR count). The predicted molar refractivity (Wildman–Crippen MR) is 99.4 cm³/mol. The van der Waals surface area contributed by atoms with Crippen LogP contribution in [0.15, 0.2) is 18.2 Å². The van der Waals surface area contributed by atoms with Crippen LogP contribution in [0.2, 0.25) is 0 Å². The second-order valence-electron chi connectivity index (χ2n) is 6.47. The molecule has 0 saturated heterocycles. The predicted octanol–water partition coefficient (Wildman–Crippen LogP) is 2.07. The van der Waals surface area contributed by atoms with Crippen molar-refractivity contribution in [1.82, 2.24) is 0 Å². The zero-order valence-corrected chi connectivity index (χ0v) is 15.3. The van der Waals surface area contributed by atoms with Crippen molar-refractivity contribution >= 4 is 34.1 Å². The lowest BCUT2D eigenvalue weighted by atomic mass is 10.1. The third-order valence-electron chi connectivity index (χ3n) is 4.68. The quantitative estimate of drug-likeness (QED) is 0.765. The normalized spacial score (nSPS) is 14.2. The van der Waals surface area contributed by atoms with Gasteiger partial charge in [0.2, 0.25) is 0 Å². The average Bonchev–Trinajstić information content (AvgIpc) is 3.33. The topological polar surface area (TPSA) is 108 Å². The fourth-order valence-corrected chi connectivity index (χ4v) is 4.75. The molecule has 27 heavy (non-hydrogen) atoms. The van der Waals surface area contributed by atoms with Crippen LogP contribution < -0.4 is 15.8 Å². The first-order chi connectivity index (χ1) is 13.0. The number of hydrogen-bond donors (Lipinski definition) is 2. The molecule has 3 N–H and O–H groups in total. The summed E-state index contributed by atoms with van der Waals surface area (Å²) in [5.74, 6) is -0.866. The third kappa shape index (κ3) is 3.40. The maximum Gasteiger partial charge on any atom is 0.338 e. The molecule has 0 radical (unpaired) electrons. The van der Waals surface area contributed by atoms with Crippen LogP contribution in [-0.2, 0) is 28.8 Å². The van der Waals surface area contributed by atoms with Crippen molar-refractivity contribution in [2.45, 2.75) is 25.7 Å². The number of primary amides is 1. The van der Waals surface area contributed by atoms with Crippen LogP contribution >= 0.6 is 11.3 Å². The van der Waals surface area contributed by atoms with Gasteiger partial charge in [0.15, 0.2) is 6.61 Å². The molecule has 0 saturated carbocycles. The fourth-order valence-electron chi connectivity index (χ4n) is 3.44. The largest absolute Gasteiger partial charge is 0.493 e. The number of rotatable bonds is 5. The number of carbonyl (C=O) groups excluding carboxylic acids is 3. The van der Waals surface area contributed by atoms with E-state index in [4.69, 9.17) is 15.2 Å². The highest BCUT2D eigenvalue weighted by atomic mass is 32.1. The fraction of sp³-hybridized carbons (Fsp3) is 0.316. The number of benzene rings is 1. The summed E-state index contributed by atoms with van der Waals surface area (Å²) in [6, 6.07) is 5.06. The van der Waals surface area contributed by atoms with Crippen LogP contribution in [0.3, 0.4) is 0 Å². The van der Waals surface area contributed by atoms with Gasteiger partial charge < -0.3 is 20.5 Å². The van der Waals surface area contributed by atoms with Gasteiger partial charge in [-0.3, -0.25) is 9.59 Å². The van der Waals surface area contributed by atoms with Gasteiger partial charge in [-0.1, -0.05) is 0 Å². The Morgan fingerprint density at radius 1 is 1.22 bits per heavy atom. The molecular formula is C19H18N2O5S. The number of aryl methyl sites for hydroxylation is 1. The van der Waals surface area contributed by atoms with Crippen molar-refractivity contribution in [3.8, 4) is 5.75 Å². The highest BCUT2D eigenvalue weighted by Gasteiger charge is 2.26. The van der Waals surface area contributed by atoms with Crippen molar-refractivity contribution < 1.29 is 23.9 Å². The number of ether oxygens (including phenoxy) is 2. The molecule has 2 heterocycles. The van der Waals surface area contributed by atoms with E-state index in [2.05, 4.69) is 5.32 Å². The summed E-state index contributed by atoms with van der Waals surface area (Å²) in [6.45, 7) is 0.163. The number of fused-ring (bicyclic) bond motifs is 2. The summed E-state index contributed by atoms with van der Waals surface area (Å²) in [5.41, 5.74) is 8.11. The van der Waals surface area contributed by atoms with Gasteiger partial charge in [-0.25, -0.2) is 4.79 Å². The molecule has 2 amide bonds. The van der Waals surface area contributed by atoms with E-state index in [1.807, 2.05) is 0 Å². The molecule has 1 aliphatic heterocycles. The molecule has 7 nitrogen and oxygen atoms in total. The van der Waals surface area contributed by atoms with E-state index in [9.17, 15) is 14.4 Å². The number of nitrogens with two attached hydrogens (primary N) is 1. The number of hydrogen-bond acceptors (Lipinski definition) is 6. The maximum atomic E-state index is 12.2. The lowest BCUT2D eigenvalue weighted by Crippen LogP contribution is -2.22. The zero-order chi connectivity index (χ0) is 19.0. The summed E-state index contributed by atoms with van der Waals surface area (Å²) in [6.07, 6.45) is 3.40. The summed E-state index contributed by atoms with van der Waals surface area (Å²) in [7, 11) is 0. The van der Waals surface area contributed by atoms with Crippen LogP contribution in [0.1, 0.15) is 43.1 Å². The molecule has 2 aliphatic rings. The lowest BCUT2D eigenvalue weighted by molar-refractivity contribution is -0.119. The molecule has 0 fully saturated rings. The Kier molecular flexibility index (Phi) is 4.57. The van der Waals surface area contributed by atoms with Gasteiger partial charge in [-0.2, -0.15) is 0 Å². The number of anilines is 1. The van der Waals surface area contributed by atoms with E-state index in [1.54, 1.807) is 18.2 Å². The number of thiophene rings is 1. The Bertz CT molecular complexity index is 950. The smallest absolute Gasteiger partial charge is 0.338 e. The number of amides is 2. The van der Waals surface area contributed by atoms with Gasteiger partial charge in [-0.05, 0) is 48.6 Å². The standard InChI is InChI=1S/C19H18N2O5S/c20-17(23)16-12-2-1-3-14(12)27-18(16)21-15(22)9-26-19(24)11-4-5-13-10(8-11)6-7-25-13/h4-5,8H,1-3,6-7,9H2,(H2,20,23)(H,21,22). The van der Waals surface area contributed by atoms with Gasteiger partial charge in [0.05, 0.1) is 17.7 Å². The van der Waals surface area contributed by atoms with Crippen molar-refractivity contribution in [3.63, 3.8) is 0 Å². The SMILES string of the molecule is NC(=O)c1c(NC(=O)COC(=O)c2ccc3c(c2)CCO3)sc2c1CCC2. The number of esters is 1. The van der Waals surface area contributed by atoms with E-state index < -0.39 is 24.4 Å². The second kappa shape index (κ2) is 7.03. The Balaban J connectivity index is 1.39. The van der Waals surface area contributed by atoms with Crippen LogP contribution in [0.4, 0.5) is 5.00 Å². The molecular weight excluding hydrogens is 368 g/mol. The number of carbonyl (C=O) groups is 3. The van der Waals surface area contributed by atoms with Crippen molar-refractivity contribution in [2.75, 3.05) is 18.5 Å². The lowest BCUT2D eigenvalue weighted by Gasteiger charge is -2.08. The Morgan fingerprint density at radius 3 is 2.89 bits per heavy atom. The Morgan fingerprint density at radius 2 is 2.07 bits per heavy atom. The van der Waals surface area contributed by atoms with Crippen LogP contribution in [-0.4, -0.2) is 31.0 Å². The van der Waals surface area contributed by atoms with E-state index in [0.717, 1.165) is 47.4 Å². The van der Waals surface area contributed by atoms with E-state index in [1.165, 1.54) is 11.3 Å². The van der Waals surface area contributed by atoms with Crippen LogP contribution in [0, 0.1) is 0 Å². The molecule has 0 spiro atoms. The number of nitrogens with one attached hydrogen (secondary N) is 1. The Hall–Kier alpha value is -2.87. The van der Waals surface area contributed by atoms with Crippen LogP contribution in [0.25, 0.3) is 0 Å². The van der Waals surface area contributed by atoms with Crippen LogP contribution in [0.5, 0.6) is 5.75 Å². The van der Waals surface area contributed by atoms with E-state index in [0.29, 0.717) is 22.7 Å². The van der Waals surface area contributed by atoms with Crippen molar-refractivity contribution in [3.05, 3.63) is 45.3 Å². The van der Waals surface area contributed by atoms with Crippen molar-refractivity contribution in [1.29, 1.82) is 0 Å². The van der Waals surface area contributed by atoms with Gasteiger partial charge >= 0.3 is 5.97 Å². The zero-order valence-electron chi connectivity index (χ0n) is 14.5. The average molecular weight is 386 g/mol.